The maximum absolute atomic E-state index is 11.3. The van der Waals surface area contributed by atoms with Gasteiger partial charge in [0.15, 0.2) is 5.96 Å². The van der Waals surface area contributed by atoms with Gasteiger partial charge in [0, 0.05) is 47.8 Å². The van der Waals surface area contributed by atoms with Gasteiger partial charge < -0.3 is 20.3 Å². The van der Waals surface area contributed by atoms with E-state index >= 15 is 0 Å². The quantitative estimate of drug-likeness (QED) is 0.301. The number of ether oxygens (including phenoxy) is 1. The van der Waals surface area contributed by atoms with Crippen molar-refractivity contribution in [3.63, 3.8) is 0 Å². The van der Waals surface area contributed by atoms with E-state index in [1.165, 1.54) is 0 Å². The van der Waals surface area contributed by atoms with Crippen LogP contribution in [0.1, 0.15) is 6.42 Å². The molecule has 0 saturated carbocycles. The van der Waals surface area contributed by atoms with E-state index in [0.29, 0.717) is 32.1 Å². The Morgan fingerprint density at radius 1 is 1.29 bits per heavy atom. The van der Waals surface area contributed by atoms with Crippen molar-refractivity contribution in [2.45, 2.75) is 6.42 Å². The van der Waals surface area contributed by atoms with Crippen molar-refractivity contribution < 1.29 is 9.53 Å². The van der Waals surface area contributed by atoms with Crippen molar-refractivity contribution in [1.82, 2.24) is 15.5 Å². The normalized spacial score (nSPS) is 10.5. The van der Waals surface area contributed by atoms with Gasteiger partial charge in [-0.1, -0.05) is 0 Å². The molecular weight excluding hydrogens is 335 g/mol. The highest BCUT2D eigenvalue weighted by Crippen LogP contribution is 1.84. The summed E-state index contributed by atoms with van der Waals surface area (Å²) in [7, 11) is 6.82. The fourth-order valence-corrected chi connectivity index (χ4v) is 1.00. The van der Waals surface area contributed by atoms with Crippen LogP contribution in [0.3, 0.4) is 0 Å². The third-order valence-electron chi connectivity index (χ3n) is 1.95. The smallest absolute Gasteiger partial charge is 0.223 e. The number of hydrogen-bond donors (Lipinski definition) is 2. The van der Waals surface area contributed by atoms with Crippen LogP contribution in [0.5, 0.6) is 0 Å². The first-order valence-corrected chi connectivity index (χ1v) is 5.25. The van der Waals surface area contributed by atoms with Crippen LogP contribution in [-0.2, 0) is 9.53 Å². The first kappa shape index (κ1) is 18.8. The van der Waals surface area contributed by atoms with Gasteiger partial charge in [-0.3, -0.25) is 9.79 Å². The average Bonchev–Trinajstić information content (AvgIpc) is 2.26. The highest BCUT2D eigenvalue weighted by molar-refractivity contribution is 14.0. The van der Waals surface area contributed by atoms with Gasteiger partial charge in [-0.05, 0) is 0 Å². The topological polar surface area (TPSA) is 66.0 Å². The van der Waals surface area contributed by atoms with Crippen LogP contribution in [0.25, 0.3) is 0 Å². The molecule has 0 atom stereocenters. The molecule has 1 amide bonds. The third-order valence-corrected chi connectivity index (χ3v) is 1.95. The molecule has 0 fully saturated rings. The highest BCUT2D eigenvalue weighted by Gasteiger charge is 2.03. The molecule has 0 aromatic heterocycles. The highest BCUT2D eigenvalue weighted by atomic mass is 127. The van der Waals surface area contributed by atoms with E-state index in [2.05, 4.69) is 15.6 Å². The second-order valence-electron chi connectivity index (χ2n) is 3.46. The summed E-state index contributed by atoms with van der Waals surface area (Å²) < 4.78 is 4.90. The lowest BCUT2D eigenvalue weighted by Crippen LogP contribution is -2.40. The molecule has 0 spiro atoms. The molecule has 102 valence electrons. The molecular formula is C10H23IN4O2. The van der Waals surface area contributed by atoms with E-state index in [9.17, 15) is 4.79 Å². The number of hydrogen-bond acceptors (Lipinski definition) is 3. The summed E-state index contributed by atoms with van der Waals surface area (Å²) in [6.07, 6.45) is 0.456. The number of guanidine groups is 1. The largest absolute Gasteiger partial charge is 0.383 e. The zero-order valence-corrected chi connectivity index (χ0v) is 13.3. The molecule has 0 saturated heterocycles. The van der Waals surface area contributed by atoms with Crippen LogP contribution in [0, 0.1) is 0 Å². The minimum absolute atomic E-state index is 0. The number of carbonyl (C=O) groups excluding carboxylic acids is 1. The van der Waals surface area contributed by atoms with Crippen LogP contribution >= 0.6 is 24.0 Å². The lowest BCUT2D eigenvalue weighted by atomic mass is 10.4. The van der Waals surface area contributed by atoms with Crippen molar-refractivity contribution in [3.8, 4) is 0 Å². The number of halogens is 1. The van der Waals surface area contributed by atoms with Crippen LogP contribution in [-0.4, -0.2) is 64.7 Å². The zero-order chi connectivity index (χ0) is 12.4. The number of amides is 1. The zero-order valence-electron chi connectivity index (χ0n) is 10.9. The molecule has 0 radical (unpaired) electrons. The SMILES string of the molecule is CN=C(NCCOC)NCCC(=O)N(C)C.I. The first-order valence-electron chi connectivity index (χ1n) is 5.25. The van der Waals surface area contributed by atoms with Crippen molar-refractivity contribution in [2.24, 2.45) is 4.99 Å². The maximum atomic E-state index is 11.3. The molecule has 0 aromatic carbocycles. The minimum Gasteiger partial charge on any atom is -0.383 e. The van der Waals surface area contributed by atoms with E-state index in [1.54, 1.807) is 33.2 Å². The summed E-state index contributed by atoms with van der Waals surface area (Å²) in [5.74, 6) is 0.781. The molecule has 0 aliphatic carbocycles. The molecule has 2 N–H and O–H groups in total. The fraction of sp³-hybridized carbons (Fsp3) is 0.800. The Hall–Kier alpha value is -0.570. The number of methoxy groups -OCH3 is 1. The molecule has 6 nitrogen and oxygen atoms in total. The summed E-state index contributed by atoms with van der Waals surface area (Å²) in [5.41, 5.74) is 0. The Kier molecular flexibility index (Phi) is 13.2. The van der Waals surface area contributed by atoms with Gasteiger partial charge in [0.2, 0.25) is 5.91 Å². The number of nitrogens with one attached hydrogen (secondary N) is 2. The number of nitrogens with zero attached hydrogens (tertiary/aromatic N) is 2. The lowest BCUT2D eigenvalue weighted by molar-refractivity contribution is -0.128. The predicted octanol–water partition coefficient (Wildman–Crippen LogP) is -0.106. The fourth-order valence-electron chi connectivity index (χ4n) is 1.00. The first-order chi connectivity index (χ1) is 7.61. The van der Waals surface area contributed by atoms with Crippen molar-refractivity contribution in [3.05, 3.63) is 0 Å². The van der Waals surface area contributed by atoms with Gasteiger partial charge in [-0.2, -0.15) is 0 Å². The molecule has 0 heterocycles. The Bertz CT molecular complexity index is 234. The number of carbonyl (C=O) groups is 1. The predicted molar refractivity (Wildman–Crippen MR) is 80.0 cm³/mol. The molecule has 0 bridgehead atoms. The van der Waals surface area contributed by atoms with Crippen LogP contribution in [0.15, 0.2) is 4.99 Å². The Balaban J connectivity index is 0. The van der Waals surface area contributed by atoms with Gasteiger partial charge in [-0.15, -0.1) is 24.0 Å². The van der Waals surface area contributed by atoms with Gasteiger partial charge in [0.05, 0.1) is 6.61 Å². The monoisotopic (exact) mass is 358 g/mol. The third kappa shape index (κ3) is 10.3. The summed E-state index contributed by atoms with van der Waals surface area (Å²) in [6.45, 7) is 1.89. The Morgan fingerprint density at radius 3 is 2.35 bits per heavy atom. The minimum atomic E-state index is 0. The van der Waals surface area contributed by atoms with Gasteiger partial charge in [0.25, 0.3) is 0 Å². The van der Waals surface area contributed by atoms with E-state index in [0.717, 1.165) is 0 Å². The molecule has 0 unspecified atom stereocenters. The van der Waals surface area contributed by atoms with Crippen LogP contribution < -0.4 is 10.6 Å². The van der Waals surface area contributed by atoms with Crippen molar-refractivity contribution >= 4 is 35.8 Å². The average molecular weight is 358 g/mol. The maximum Gasteiger partial charge on any atom is 0.223 e. The number of aliphatic imine (C=N–C) groups is 1. The molecule has 0 aliphatic rings. The van der Waals surface area contributed by atoms with E-state index < -0.39 is 0 Å². The van der Waals surface area contributed by atoms with Crippen molar-refractivity contribution in [2.75, 3.05) is 47.9 Å². The molecule has 0 rings (SSSR count). The molecule has 17 heavy (non-hydrogen) atoms. The lowest BCUT2D eigenvalue weighted by Gasteiger charge is -2.13. The van der Waals surface area contributed by atoms with Gasteiger partial charge in [0.1, 0.15) is 0 Å². The summed E-state index contributed by atoms with van der Waals surface area (Å²) in [6, 6.07) is 0. The Morgan fingerprint density at radius 2 is 1.88 bits per heavy atom. The summed E-state index contributed by atoms with van der Waals surface area (Å²) in [5, 5.41) is 6.11. The second kappa shape index (κ2) is 11.9. The summed E-state index contributed by atoms with van der Waals surface area (Å²) in [4.78, 5) is 16.9. The summed E-state index contributed by atoms with van der Waals surface area (Å²) >= 11 is 0. The Labute approximate surface area is 120 Å². The van der Waals surface area contributed by atoms with E-state index in [1.807, 2.05) is 0 Å². The second-order valence-corrected chi connectivity index (χ2v) is 3.46. The van der Waals surface area contributed by atoms with E-state index in [-0.39, 0.29) is 29.9 Å². The number of rotatable bonds is 6. The molecule has 0 aliphatic heterocycles. The van der Waals surface area contributed by atoms with E-state index in [4.69, 9.17) is 4.74 Å². The molecule has 7 heteroatoms. The van der Waals surface area contributed by atoms with Crippen LogP contribution in [0.4, 0.5) is 0 Å². The molecule has 0 aromatic rings. The van der Waals surface area contributed by atoms with Gasteiger partial charge >= 0.3 is 0 Å². The van der Waals surface area contributed by atoms with Crippen LogP contribution in [0.2, 0.25) is 0 Å². The standard InChI is InChI=1S/C10H22N4O2.HI/c1-11-10(13-7-8-16-4)12-6-5-9(15)14(2)3;/h5-8H2,1-4H3,(H2,11,12,13);1H. The van der Waals surface area contributed by atoms with Crippen molar-refractivity contribution in [1.29, 1.82) is 0 Å². The van der Waals surface area contributed by atoms with Gasteiger partial charge in [-0.25, -0.2) is 0 Å².